The summed E-state index contributed by atoms with van der Waals surface area (Å²) < 4.78 is 46.2. The van der Waals surface area contributed by atoms with Crippen LogP contribution in [-0.4, -0.2) is 38.5 Å². The number of amides is 1. The molecule has 0 saturated carbocycles. The van der Waals surface area contributed by atoms with E-state index in [4.69, 9.17) is 4.74 Å². The second kappa shape index (κ2) is 9.99. The minimum atomic E-state index is -3.67. The van der Waals surface area contributed by atoms with Crippen molar-refractivity contribution in [3.8, 4) is 16.8 Å². The van der Waals surface area contributed by atoms with Crippen LogP contribution in [0, 0.1) is 12.7 Å². The van der Waals surface area contributed by atoms with Crippen molar-refractivity contribution in [2.75, 3.05) is 19.4 Å². The Balaban J connectivity index is 2.14. The highest BCUT2D eigenvalue weighted by Gasteiger charge is 2.28. The van der Waals surface area contributed by atoms with Crippen molar-refractivity contribution in [2.24, 2.45) is 0 Å². The SMILES string of the molecule is CCCOC(=O)NCCc1c(-c2ccccc2)c(S(C)(=O)=O)n(-c2ccc(F)cc2)c1C. The maximum absolute atomic E-state index is 13.5. The van der Waals surface area contributed by atoms with Gasteiger partial charge in [-0.15, -0.1) is 0 Å². The van der Waals surface area contributed by atoms with Gasteiger partial charge in [0.1, 0.15) is 10.8 Å². The van der Waals surface area contributed by atoms with E-state index in [1.54, 1.807) is 16.7 Å². The number of alkyl carbamates (subject to hydrolysis) is 1. The summed E-state index contributed by atoms with van der Waals surface area (Å²) in [6.45, 7) is 4.35. The van der Waals surface area contributed by atoms with Gasteiger partial charge >= 0.3 is 6.09 Å². The summed E-state index contributed by atoms with van der Waals surface area (Å²) in [6, 6.07) is 15.0. The average molecular weight is 459 g/mol. The monoisotopic (exact) mass is 458 g/mol. The highest BCUT2D eigenvalue weighted by molar-refractivity contribution is 7.90. The number of nitrogens with one attached hydrogen (secondary N) is 1. The van der Waals surface area contributed by atoms with E-state index in [1.165, 1.54) is 18.4 Å². The lowest BCUT2D eigenvalue weighted by Crippen LogP contribution is -2.26. The lowest BCUT2D eigenvalue weighted by molar-refractivity contribution is 0.146. The standard InChI is InChI=1S/C24H27FN2O4S/c1-4-16-31-24(28)26-15-14-21-17(2)27(20-12-10-19(25)11-13-20)23(32(3,29)30)22(21)18-8-6-5-7-9-18/h5-13H,4,14-16H2,1-3H3,(H,26,28). The quantitative estimate of drug-likeness (QED) is 0.532. The second-order valence-corrected chi connectivity index (χ2v) is 9.44. The van der Waals surface area contributed by atoms with Gasteiger partial charge in [0.05, 0.1) is 6.61 Å². The molecule has 0 spiro atoms. The van der Waals surface area contributed by atoms with Crippen molar-refractivity contribution < 1.29 is 22.3 Å². The summed E-state index contributed by atoms with van der Waals surface area (Å²) in [5.74, 6) is -0.405. The van der Waals surface area contributed by atoms with Gasteiger partial charge in [0, 0.05) is 29.7 Å². The smallest absolute Gasteiger partial charge is 0.407 e. The van der Waals surface area contributed by atoms with Crippen LogP contribution in [-0.2, 0) is 21.0 Å². The Morgan fingerprint density at radius 1 is 1.09 bits per heavy atom. The summed E-state index contributed by atoms with van der Waals surface area (Å²) in [7, 11) is -3.67. The van der Waals surface area contributed by atoms with E-state index < -0.39 is 21.7 Å². The van der Waals surface area contributed by atoms with E-state index in [9.17, 15) is 17.6 Å². The Labute approximate surface area is 188 Å². The lowest BCUT2D eigenvalue weighted by atomic mass is 10.0. The Kier molecular flexibility index (Phi) is 7.35. The topological polar surface area (TPSA) is 77.4 Å². The van der Waals surface area contributed by atoms with Gasteiger partial charge in [0.2, 0.25) is 0 Å². The fourth-order valence-corrected chi connectivity index (χ4v) is 4.89. The van der Waals surface area contributed by atoms with Gasteiger partial charge in [0.25, 0.3) is 0 Å². The van der Waals surface area contributed by atoms with Crippen LogP contribution in [0.4, 0.5) is 9.18 Å². The molecule has 0 radical (unpaired) electrons. The Morgan fingerprint density at radius 2 is 1.75 bits per heavy atom. The maximum Gasteiger partial charge on any atom is 0.407 e. The van der Waals surface area contributed by atoms with Crippen LogP contribution in [0.15, 0.2) is 59.6 Å². The molecule has 2 aromatic carbocycles. The minimum Gasteiger partial charge on any atom is -0.450 e. The molecule has 1 heterocycles. The zero-order chi connectivity index (χ0) is 23.3. The van der Waals surface area contributed by atoms with Gasteiger partial charge in [-0.3, -0.25) is 0 Å². The number of carbonyl (C=O) groups excluding carboxylic acids is 1. The first-order chi connectivity index (χ1) is 15.2. The molecule has 0 unspecified atom stereocenters. The zero-order valence-corrected chi connectivity index (χ0v) is 19.2. The van der Waals surface area contributed by atoms with E-state index in [0.29, 0.717) is 30.0 Å². The van der Waals surface area contributed by atoms with Gasteiger partial charge < -0.3 is 14.6 Å². The molecular weight excluding hydrogens is 431 g/mol. The summed E-state index contributed by atoms with van der Waals surface area (Å²) in [5, 5.41) is 2.85. The number of halogens is 1. The predicted molar refractivity (Wildman–Crippen MR) is 122 cm³/mol. The minimum absolute atomic E-state index is 0.136. The summed E-state index contributed by atoms with van der Waals surface area (Å²) in [5.41, 5.74) is 3.37. The van der Waals surface area contributed by atoms with Gasteiger partial charge in [-0.05, 0) is 55.2 Å². The van der Waals surface area contributed by atoms with Crippen LogP contribution >= 0.6 is 0 Å². The first-order valence-electron chi connectivity index (χ1n) is 10.4. The molecule has 3 aromatic rings. The van der Waals surface area contributed by atoms with Crippen LogP contribution in [0.2, 0.25) is 0 Å². The van der Waals surface area contributed by atoms with Crippen LogP contribution in [0.25, 0.3) is 16.8 Å². The molecule has 0 aliphatic heterocycles. The van der Waals surface area contributed by atoms with Gasteiger partial charge in [-0.2, -0.15) is 0 Å². The molecule has 1 amide bonds. The van der Waals surface area contributed by atoms with Gasteiger partial charge in [-0.25, -0.2) is 17.6 Å². The van der Waals surface area contributed by atoms with Crippen LogP contribution in [0.3, 0.4) is 0 Å². The number of benzene rings is 2. The number of ether oxygens (including phenoxy) is 1. The normalized spacial score (nSPS) is 11.4. The molecule has 0 aliphatic rings. The number of carbonyl (C=O) groups is 1. The Morgan fingerprint density at radius 3 is 2.34 bits per heavy atom. The molecule has 3 rings (SSSR count). The number of hydrogen-bond donors (Lipinski definition) is 1. The van der Waals surface area contributed by atoms with E-state index in [0.717, 1.165) is 17.5 Å². The van der Waals surface area contributed by atoms with Crippen molar-refractivity contribution in [1.29, 1.82) is 0 Å². The Bertz CT molecular complexity index is 1190. The molecule has 32 heavy (non-hydrogen) atoms. The number of aromatic nitrogens is 1. The molecule has 0 saturated heterocycles. The molecule has 6 nitrogen and oxygen atoms in total. The molecule has 0 atom stereocenters. The predicted octanol–water partition coefficient (Wildman–Crippen LogP) is 4.67. The van der Waals surface area contributed by atoms with E-state index >= 15 is 0 Å². The van der Waals surface area contributed by atoms with Gasteiger partial charge in [0.15, 0.2) is 9.84 Å². The zero-order valence-electron chi connectivity index (χ0n) is 18.4. The van der Waals surface area contributed by atoms with Crippen LogP contribution in [0.1, 0.15) is 24.6 Å². The van der Waals surface area contributed by atoms with Crippen molar-refractivity contribution in [3.05, 3.63) is 71.7 Å². The highest BCUT2D eigenvalue weighted by Crippen LogP contribution is 2.38. The molecule has 0 bridgehead atoms. The van der Waals surface area contributed by atoms with Gasteiger partial charge in [-0.1, -0.05) is 37.3 Å². The molecule has 8 heteroatoms. The Hall–Kier alpha value is -3.13. The molecular formula is C24H27FN2O4S. The van der Waals surface area contributed by atoms with Crippen molar-refractivity contribution >= 4 is 15.9 Å². The molecule has 170 valence electrons. The first kappa shape index (κ1) is 23.5. The number of hydrogen-bond acceptors (Lipinski definition) is 4. The van der Waals surface area contributed by atoms with E-state index in [-0.39, 0.29) is 11.6 Å². The molecule has 0 fully saturated rings. The first-order valence-corrected chi connectivity index (χ1v) is 12.3. The lowest BCUT2D eigenvalue weighted by Gasteiger charge is -2.12. The van der Waals surface area contributed by atoms with Crippen LogP contribution in [0.5, 0.6) is 0 Å². The fourth-order valence-electron chi connectivity index (χ4n) is 3.71. The average Bonchev–Trinajstić information content (AvgIpc) is 3.06. The van der Waals surface area contributed by atoms with Crippen molar-refractivity contribution in [2.45, 2.75) is 31.7 Å². The third-order valence-electron chi connectivity index (χ3n) is 5.07. The maximum atomic E-state index is 13.5. The summed E-state index contributed by atoms with van der Waals surface area (Å²) in [4.78, 5) is 11.8. The number of sulfone groups is 1. The third kappa shape index (κ3) is 5.19. The number of nitrogens with zero attached hydrogens (tertiary/aromatic N) is 1. The largest absolute Gasteiger partial charge is 0.450 e. The van der Waals surface area contributed by atoms with Crippen molar-refractivity contribution in [3.63, 3.8) is 0 Å². The fraction of sp³-hybridized carbons (Fsp3) is 0.292. The van der Waals surface area contributed by atoms with E-state index in [1.807, 2.05) is 44.2 Å². The van der Waals surface area contributed by atoms with E-state index in [2.05, 4.69) is 5.32 Å². The van der Waals surface area contributed by atoms with Crippen molar-refractivity contribution in [1.82, 2.24) is 9.88 Å². The third-order valence-corrected chi connectivity index (χ3v) is 6.16. The second-order valence-electron chi connectivity index (χ2n) is 7.51. The summed E-state index contributed by atoms with van der Waals surface area (Å²) in [6.07, 6.45) is 1.78. The van der Waals surface area contributed by atoms with Crippen LogP contribution < -0.4 is 5.32 Å². The number of rotatable bonds is 8. The molecule has 1 aromatic heterocycles. The summed E-state index contributed by atoms with van der Waals surface area (Å²) >= 11 is 0. The molecule has 1 N–H and O–H groups in total. The highest BCUT2D eigenvalue weighted by atomic mass is 32.2. The molecule has 0 aliphatic carbocycles.